The molecule has 0 aromatic heterocycles. The van der Waals surface area contributed by atoms with Crippen LogP contribution >= 0.6 is 0 Å². The molecule has 2 N–H and O–H groups in total. The van der Waals surface area contributed by atoms with Crippen LogP contribution in [0.15, 0.2) is 12.1 Å². The molecular weight excluding hydrogens is 316 g/mol. The van der Waals surface area contributed by atoms with Gasteiger partial charge >= 0.3 is 0 Å². The van der Waals surface area contributed by atoms with Gasteiger partial charge in [0.25, 0.3) is 0 Å². The summed E-state index contributed by atoms with van der Waals surface area (Å²) in [5.41, 5.74) is 3.85. The van der Waals surface area contributed by atoms with Crippen LogP contribution in [0.1, 0.15) is 29.5 Å². The van der Waals surface area contributed by atoms with Crippen molar-refractivity contribution in [1.82, 2.24) is 5.32 Å². The molecule has 128 valence electrons. The highest BCUT2D eigenvalue weighted by molar-refractivity contribution is 7.92. The molecule has 1 aromatic carbocycles. The maximum absolute atomic E-state index is 12.0. The standard InChI is InChI=1S/C16H24N2O4S/c1-11-8-12(2)16(13(3)9-11)18-14(19)6-5-7-23(21,22)10-15(20)17-4/h8-9H,5-7,10H2,1-4H3,(H,17,20)(H,18,19). The maximum Gasteiger partial charge on any atom is 0.234 e. The fraction of sp³-hybridized carbons (Fsp3) is 0.500. The number of rotatable bonds is 7. The van der Waals surface area contributed by atoms with Crippen molar-refractivity contribution in [1.29, 1.82) is 0 Å². The summed E-state index contributed by atoms with van der Waals surface area (Å²) in [6, 6.07) is 3.97. The topological polar surface area (TPSA) is 92.3 Å². The number of anilines is 1. The second-order valence-corrected chi connectivity index (χ2v) is 7.87. The first-order chi connectivity index (χ1) is 10.6. The quantitative estimate of drug-likeness (QED) is 0.786. The normalized spacial score (nSPS) is 11.1. The number of carbonyl (C=O) groups excluding carboxylic acids is 2. The van der Waals surface area contributed by atoms with Crippen LogP contribution in [0.5, 0.6) is 0 Å². The predicted molar refractivity (Wildman–Crippen MR) is 91.2 cm³/mol. The van der Waals surface area contributed by atoms with Crippen molar-refractivity contribution in [3.8, 4) is 0 Å². The Hall–Kier alpha value is -1.89. The first-order valence-corrected chi connectivity index (χ1v) is 9.25. The molecule has 0 fully saturated rings. The van der Waals surface area contributed by atoms with E-state index in [2.05, 4.69) is 10.6 Å². The number of amides is 2. The molecule has 6 nitrogen and oxygen atoms in total. The second-order valence-electron chi connectivity index (χ2n) is 5.69. The lowest BCUT2D eigenvalue weighted by Crippen LogP contribution is -2.28. The van der Waals surface area contributed by atoms with E-state index in [-0.39, 0.29) is 24.5 Å². The number of sulfone groups is 1. The van der Waals surface area contributed by atoms with E-state index in [1.165, 1.54) is 7.05 Å². The first-order valence-electron chi connectivity index (χ1n) is 7.43. The molecule has 0 saturated carbocycles. The van der Waals surface area contributed by atoms with Crippen LogP contribution in [0.4, 0.5) is 5.69 Å². The lowest BCUT2D eigenvalue weighted by molar-refractivity contribution is -0.118. The minimum atomic E-state index is -3.48. The van der Waals surface area contributed by atoms with E-state index in [0.29, 0.717) is 0 Å². The number of hydrogen-bond donors (Lipinski definition) is 2. The SMILES string of the molecule is CNC(=O)CS(=O)(=O)CCCC(=O)Nc1c(C)cc(C)cc1C. The summed E-state index contributed by atoms with van der Waals surface area (Å²) >= 11 is 0. The van der Waals surface area contributed by atoms with Crippen LogP contribution in [0, 0.1) is 20.8 Å². The van der Waals surface area contributed by atoms with Crippen molar-refractivity contribution in [2.24, 2.45) is 0 Å². The molecule has 1 rings (SSSR count). The van der Waals surface area contributed by atoms with Gasteiger partial charge in [-0.2, -0.15) is 0 Å². The van der Waals surface area contributed by atoms with Crippen LogP contribution in [0.25, 0.3) is 0 Å². The van der Waals surface area contributed by atoms with Gasteiger partial charge in [-0.05, 0) is 38.3 Å². The molecule has 0 aliphatic carbocycles. The van der Waals surface area contributed by atoms with E-state index < -0.39 is 21.5 Å². The van der Waals surface area contributed by atoms with Crippen molar-refractivity contribution in [3.05, 3.63) is 28.8 Å². The zero-order valence-electron chi connectivity index (χ0n) is 14.0. The number of hydrogen-bond acceptors (Lipinski definition) is 4. The highest BCUT2D eigenvalue weighted by Gasteiger charge is 2.16. The third-order valence-corrected chi connectivity index (χ3v) is 5.04. The largest absolute Gasteiger partial charge is 0.358 e. The predicted octanol–water partition coefficient (Wildman–Crippen LogP) is 1.49. The Morgan fingerprint density at radius 3 is 2.13 bits per heavy atom. The van der Waals surface area contributed by atoms with E-state index in [9.17, 15) is 18.0 Å². The van der Waals surface area contributed by atoms with Crippen molar-refractivity contribution in [3.63, 3.8) is 0 Å². The van der Waals surface area contributed by atoms with Gasteiger partial charge in [0.15, 0.2) is 9.84 Å². The maximum atomic E-state index is 12.0. The molecule has 0 aliphatic heterocycles. The molecule has 0 radical (unpaired) electrons. The summed E-state index contributed by atoms with van der Waals surface area (Å²) in [5.74, 6) is -1.49. The zero-order valence-corrected chi connectivity index (χ0v) is 14.8. The summed E-state index contributed by atoms with van der Waals surface area (Å²) in [6.45, 7) is 5.83. The van der Waals surface area contributed by atoms with Crippen LogP contribution in [-0.4, -0.2) is 38.8 Å². The van der Waals surface area contributed by atoms with Crippen LogP contribution in [-0.2, 0) is 19.4 Å². The number of carbonyl (C=O) groups is 2. The average molecular weight is 340 g/mol. The summed E-state index contributed by atoms with van der Waals surface area (Å²) in [5, 5.41) is 5.10. The monoisotopic (exact) mass is 340 g/mol. The molecule has 2 amide bonds. The van der Waals surface area contributed by atoms with E-state index >= 15 is 0 Å². The van der Waals surface area contributed by atoms with E-state index in [4.69, 9.17) is 0 Å². The lowest BCUT2D eigenvalue weighted by Gasteiger charge is -2.12. The van der Waals surface area contributed by atoms with Crippen LogP contribution < -0.4 is 10.6 Å². The van der Waals surface area contributed by atoms with Gasteiger partial charge in [0.1, 0.15) is 5.75 Å². The third-order valence-electron chi connectivity index (χ3n) is 3.43. The molecule has 0 bridgehead atoms. The van der Waals surface area contributed by atoms with Crippen molar-refractivity contribution < 1.29 is 18.0 Å². The Kier molecular flexibility index (Phi) is 6.75. The van der Waals surface area contributed by atoms with Crippen LogP contribution in [0.2, 0.25) is 0 Å². The average Bonchev–Trinajstić information content (AvgIpc) is 2.41. The van der Waals surface area contributed by atoms with Gasteiger partial charge in [0.2, 0.25) is 11.8 Å². The van der Waals surface area contributed by atoms with Gasteiger partial charge in [-0.3, -0.25) is 9.59 Å². The van der Waals surface area contributed by atoms with Gasteiger partial charge in [0, 0.05) is 19.2 Å². The van der Waals surface area contributed by atoms with Crippen molar-refractivity contribution in [2.75, 3.05) is 23.9 Å². The zero-order chi connectivity index (χ0) is 17.6. The minimum absolute atomic E-state index is 0.0970. The molecule has 0 saturated heterocycles. The van der Waals surface area contributed by atoms with Crippen molar-refractivity contribution >= 4 is 27.3 Å². The smallest absolute Gasteiger partial charge is 0.234 e. The second kappa shape index (κ2) is 8.10. The van der Waals surface area contributed by atoms with E-state index in [0.717, 1.165) is 22.4 Å². The molecular formula is C16H24N2O4S. The van der Waals surface area contributed by atoms with E-state index in [1.54, 1.807) is 0 Å². The van der Waals surface area contributed by atoms with Gasteiger partial charge in [-0.25, -0.2) is 8.42 Å². The Bertz CT molecular complexity index is 673. The molecule has 1 aromatic rings. The molecule has 7 heteroatoms. The molecule has 0 atom stereocenters. The van der Waals surface area contributed by atoms with E-state index in [1.807, 2.05) is 32.9 Å². The number of aryl methyl sites for hydroxylation is 3. The molecule has 0 aliphatic rings. The third kappa shape index (κ3) is 6.40. The Labute approximate surface area is 137 Å². The lowest BCUT2D eigenvalue weighted by atomic mass is 10.0. The Morgan fingerprint density at radius 1 is 1.04 bits per heavy atom. The van der Waals surface area contributed by atoms with Crippen LogP contribution in [0.3, 0.4) is 0 Å². The van der Waals surface area contributed by atoms with Crippen molar-refractivity contribution in [2.45, 2.75) is 33.6 Å². The Balaban J connectivity index is 2.54. The number of benzene rings is 1. The van der Waals surface area contributed by atoms with Gasteiger partial charge in [0.05, 0.1) is 5.75 Å². The molecule has 0 spiro atoms. The fourth-order valence-electron chi connectivity index (χ4n) is 2.38. The highest BCUT2D eigenvalue weighted by Crippen LogP contribution is 2.22. The molecule has 0 unspecified atom stereocenters. The first kappa shape index (κ1) is 19.2. The molecule has 0 heterocycles. The summed E-state index contributed by atoms with van der Waals surface area (Å²) < 4.78 is 23.4. The van der Waals surface area contributed by atoms with Gasteiger partial charge in [-0.15, -0.1) is 0 Å². The highest BCUT2D eigenvalue weighted by atomic mass is 32.2. The van der Waals surface area contributed by atoms with Gasteiger partial charge < -0.3 is 10.6 Å². The minimum Gasteiger partial charge on any atom is -0.358 e. The summed E-state index contributed by atoms with van der Waals surface area (Å²) in [6.07, 6.45) is 0.287. The summed E-state index contributed by atoms with van der Waals surface area (Å²) in [4.78, 5) is 23.1. The fourth-order valence-corrected chi connectivity index (χ4v) is 3.65. The van der Waals surface area contributed by atoms with Gasteiger partial charge in [-0.1, -0.05) is 17.7 Å². The Morgan fingerprint density at radius 2 is 1.61 bits per heavy atom. The number of nitrogens with one attached hydrogen (secondary N) is 2. The molecule has 23 heavy (non-hydrogen) atoms. The summed E-state index contributed by atoms with van der Waals surface area (Å²) in [7, 11) is -2.09.